The second-order valence-electron chi connectivity index (χ2n) is 6.24. The topological polar surface area (TPSA) is 58.3 Å². The molecule has 0 amide bonds. The van der Waals surface area contributed by atoms with Crippen LogP contribution in [0.5, 0.6) is 0 Å². The molecule has 1 saturated heterocycles. The third kappa shape index (κ3) is 3.19. The lowest BCUT2D eigenvalue weighted by atomic mass is 10.1. The number of nitrogens with zero attached hydrogens (tertiary/aromatic N) is 5. The van der Waals surface area contributed by atoms with Crippen molar-refractivity contribution in [2.75, 3.05) is 37.6 Å². The van der Waals surface area contributed by atoms with Crippen LogP contribution in [0.25, 0.3) is 22.4 Å². The summed E-state index contributed by atoms with van der Waals surface area (Å²) in [6.45, 7) is 7.34. The molecule has 0 unspecified atom stereocenters. The van der Waals surface area contributed by atoms with E-state index in [0.29, 0.717) is 10.7 Å². The van der Waals surface area contributed by atoms with Crippen LogP contribution in [-0.4, -0.2) is 52.7 Å². The highest BCUT2D eigenvalue weighted by molar-refractivity contribution is 6.30. The summed E-state index contributed by atoms with van der Waals surface area (Å²) in [5.41, 5.74) is 2.23. The second-order valence-corrected chi connectivity index (χ2v) is 6.68. The van der Waals surface area contributed by atoms with Crippen molar-refractivity contribution in [3.05, 3.63) is 35.6 Å². The lowest BCUT2D eigenvalue weighted by Gasteiger charge is -2.35. The van der Waals surface area contributed by atoms with Gasteiger partial charge in [-0.2, -0.15) is 4.98 Å². The molecule has 0 aliphatic carbocycles. The molecular weight excluding hydrogens is 338 g/mol. The first-order chi connectivity index (χ1) is 12.3. The molecule has 0 atom stereocenters. The number of piperazine rings is 1. The molecule has 130 valence electrons. The van der Waals surface area contributed by atoms with E-state index in [-0.39, 0.29) is 0 Å². The number of halogens is 1. The standard InChI is InChI=1S/C18H20ClN5O/c1-2-7-23-8-10-24(11-9-23)17-15-16(13-3-5-14(19)6-4-13)22-25-18(15)21-12-20-17/h3-6,12H,2,7-11H2,1H3. The molecule has 3 aromatic rings. The third-order valence-corrected chi connectivity index (χ3v) is 4.83. The average molecular weight is 358 g/mol. The largest absolute Gasteiger partial charge is 0.353 e. The van der Waals surface area contributed by atoms with Crippen LogP contribution in [0.1, 0.15) is 13.3 Å². The Kier molecular flexibility index (Phi) is 4.55. The molecule has 1 aliphatic heterocycles. The zero-order chi connectivity index (χ0) is 17.2. The van der Waals surface area contributed by atoms with E-state index < -0.39 is 0 Å². The SMILES string of the molecule is CCCN1CCN(c2ncnc3onc(-c4ccc(Cl)cc4)c23)CC1. The highest BCUT2D eigenvalue weighted by Crippen LogP contribution is 2.33. The summed E-state index contributed by atoms with van der Waals surface area (Å²) in [5.74, 6) is 0.896. The van der Waals surface area contributed by atoms with Crippen LogP contribution in [0.3, 0.4) is 0 Å². The van der Waals surface area contributed by atoms with Crippen LogP contribution in [0.15, 0.2) is 35.1 Å². The summed E-state index contributed by atoms with van der Waals surface area (Å²) in [7, 11) is 0. The maximum atomic E-state index is 6.00. The number of hydrogen-bond donors (Lipinski definition) is 0. The minimum atomic E-state index is 0.519. The molecule has 1 fully saturated rings. The molecule has 0 bridgehead atoms. The van der Waals surface area contributed by atoms with E-state index in [1.54, 1.807) is 6.33 Å². The smallest absolute Gasteiger partial charge is 0.263 e. The predicted molar refractivity (Wildman–Crippen MR) is 99.0 cm³/mol. The minimum Gasteiger partial charge on any atom is -0.353 e. The van der Waals surface area contributed by atoms with Gasteiger partial charge >= 0.3 is 0 Å². The number of fused-ring (bicyclic) bond motifs is 1. The molecule has 0 spiro atoms. The first kappa shape index (κ1) is 16.3. The van der Waals surface area contributed by atoms with Gasteiger partial charge in [0.2, 0.25) is 0 Å². The zero-order valence-corrected chi connectivity index (χ0v) is 14.9. The van der Waals surface area contributed by atoms with Gasteiger partial charge < -0.3 is 9.42 Å². The number of aromatic nitrogens is 3. The normalized spacial score (nSPS) is 15.8. The number of benzene rings is 1. The Bertz CT molecular complexity index is 856. The van der Waals surface area contributed by atoms with Crippen molar-refractivity contribution in [3.63, 3.8) is 0 Å². The van der Waals surface area contributed by atoms with Crippen LogP contribution in [0, 0.1) is 0 Å². The Hall–Kier alpha value is -2.18. The third-order valence-electron chi connectivity index (χ3n) is 4.58. The van der Waals surface area contributed by atoms with Gasteiger partial charge in [0, 0.05) is 36.8 Å². The van der Waals surface area contributed by atoms with Crippen LogP contribution in [-0.2, 0) is 0 Å². The van der Waals surface area contributed by atoms with Crippen molar-refractivity contribution >= 4 is 28.5 Å². The van der Waals surface area contributed by atoms with E-state index in [4.69, 9.17) is 16.1 Å². The van der Waals surface area contributed by atoms with Gasteiger partial charge in [-0.05, 0) is 25.1 Å². The Morgan fingerprint density at radius 2 is 1.84 bits per heavy atom. The number of anilines is 1. The van der Waals surface area contributed by atoms with Crippen LogP contribution < -0.4 is 4.90 Å². The summed E-state index contributed by atoms with van der Waals surface area (Å²) >= 11 is 6.00. The molecule has 25 heavy (non-hydrogen) atoms. The van der Waals surface area contributed by atoms with E-state index in [1.807, 2.05) is 24.3 Å². The predicted octanol–water partition coefficient (Wildman–Crippen LogP) is 3.47. The Morgan fingerprint density at radius 1 is 1.08 bits per heavy atom. The fourth-order valence-corrected chi connectivity index (χ4v) is 3.44. The maximum absolute atomic E-state index is 6.00. The monoisotopic (exact) mass is 357 g/mol. The maximum Gasteiger partial charge on any atom is 0.263 e. The van der Waals surface area contributed by atoms with Gasteiger partial charge in [0.05, 0.1) is 0 Å². The first-order valence-electron chi connectivity index (χ1n) is 8.60. The number of hydrogen-bond acceptors (Lipinski definition) is 6. The number of rotatable bonds is 4. The van der Waals surface area contributed by atoms with E-state index in [9.17, 15) is 0 Å². The van der Waals surface area contributed by atoms with Gasteiger partial charge in [-0.1, -0.05) is 35.8 Å². The van der Waals surface area contributed by atoms with Gasteiger partial charge in [0.1, 0.15) is 23.2 Å². The van der Waals surface area contributed by atoms with Gasteiger partial charge in [-0.15, -0.1) is 0 Å². The molecule has 6 nitrogen and oxygen atoms in total. The molecule has 4 rings (SSSR count). The molecule has 1 aromatic carbocycles. The summed E-state index contributed by atoms with van der Waals surface area (Å²) in [6.07, 6.45) is 2.73. The van der Waals surface area contributed by atoms with E-state index in [1.165, 1.54) is 6.42 Å². The molecular formula is C18H20ClN5O. The lowest BCUT2D eigenvalue weighted by molar-refractivity contribution is 0.258. The average Bonchev–Trinajstić information content (AvgIpc) is 3.08. The van der Waals surface area contributed by atoms with Crippen molar-refractivity contribution < 1.29 is 4.52 Å². The van der Waals surface area contributed by atoms with E-state index in [2.05, 4.69) is 31.8 Å². The Balaban J connectivity index is 1.70. The second kappa shape index (κ2) is 6.98. The molecule has 0 N–H and O–H groups in total. The van der Waals surface area contributed by atoms with Crippen molar-refractivity contribution in [1.82, 2.24) is 20.0 Å². The van der Waals surface area contributed by atoms with Gasteiger partial charge in [-0.25, -0.2) is 4.98 Å². The lowest BCUT2D eigenvalue weighted by Crippen LogP contribution is -2.46. The van der Waals surface area contributed by atoms with Crippen molar-refractivity contribution in [1.29, 1.82) is 0 Å². The molecule has 1 aliphatic rings. The van der Waals surface area contributed by atoms with Gasteiger partial charge in [0.25, 0.3) is 5.71 Å². The van der Waals surface area contributed by atoms with Crippen LogP contribution >= 0.6 is 11.6 Å². The molecule has 0 radical (unpaired) electrons. The summed E-state index contributed by atoms with van der Waals surface area (Å²) in [4.78, 5) is 13.6. The van der Waals surface area contributed by atoms with Crippen molar-refractivity contribution in [2.45, 2.75) is 13.3 Å². The molecule has 0 saturated carbocycles. The fraction of sp³-hybridized carbons (Fsp3) is 0.389. The molecule has 7 heteroatoms. The van der Waals surface area contributed by atoms with Gasteiger partial charge in [-0.3, -0.25) is 4.90 Å². The summed E-state index contributed by atoms with van der Waals surface area (Å²) in [6, 6.07) is 7.58. The van der Waals surface area contributed by atoms with Crippen molar-refractivity contribution in [3.8, 4) is 11.3 Å². The Morgan fingerprint density at radius 3 is 2.56 bits per heavy atom. The van der Waals surface area contributed by atoms with E-state index in [0.717, 1.165) is 55.2 Å². The fourth-order valence-electron chi connectivity index (χ4n) is 3.32. The first-order valence-corrected chi connectivity index (χ1v) is 8.97. The minimum absolute atomic E-state index is 0.519. The zero-order valence-electron chi connectivity index (χ0n) is 14.2. The van der Waals surface area contributed by atoms with Crippen LogP contribution in [0.2, 0.25) is 5.02 Å². The highest BCUT2D eigenvalue weighted by atomic mass is 35.5. The van der Waals surface area contributed by atoms with Gasteiger partial charge in [0.15, 0.2) is 0 Å². The Labute approximate surface area is 151 Å². The molecule has 3 heterocycles. The van der Waals surface area contributed by atoms with Crippen molar-refractivity contribution in [2.24, 2.45) is 0 Å². The van der Waals surface area contributed by atoms with Crippen LogP contribution in [0.4, 0.5) is 5.82 Å². The summed E-state index contributed by atoms with van der Waals surface area (Å²) < 4.78 is 5.45. The highest BCUT2D eigenvalue weighted by Gasteiger charge is 2.23. The van der Waals surface area contributed by atoms with E-state index >= 15 is 0 Å². The quantitative estimate of drug-likeness (QED) is 0.712. The molecule has 2 aromatic heterocycles. The summed E-state index contributed by atoms with van der Waals surface area (Å²) in [5, 5.41) is 5.80.